The van der Waals surface area contributed by atoms with Crippen LogP contribution in [0.2, 0.25) is 0 Å². The average molecular weight is 225 g/mol. The van der Waals surface area contributed by atoms with Crippen molar-refractivity contribution in [3.63, 3.8) is 0 Å². The second-order valence-corrected chi connectivity index (χ2v) is 5.27. The van der Waals surface area contributed by atoms with Gasteiger partial charge in [-0.2, -0.15) is 5.10 Å². The van der Waals surface area contributed by atoms with E-state index in [4.69, 9.17) is 0 Å². The molecule has 2 N–H and O–H groups in total. The Morgan fingerprint density at radius 3 is 2.75 bits per heavy atom. The van der Waals surface area contributed by atoms with E-state index in [1.165, 1.54) is 5.69 Å². The van der Waals surface area contributed by atoms with Gasteiger partial charge in [-0.1, -0.05) is 13.8 Å². The zero-order valence-electron chi connectivity index (χ0n) is 10.7. The maximum Gasteiger partial charge on any atom is 0.0518 e. The summed E-state index contributed by atoms with van der Waals surface area (Å²) in [5.41, 5.74) is 1.29. The van der Waals surface area contributed by atoms with Gasteiger partial charge in [-0.15, -0.1) is 0 Å². The van der Waals surface area contributed by atoms with Gasteiger partial charge in [-0.05, 0) is 24.8 Å². The highest BCUT2D eigenvalue weighted by atomic mass is 16.3. The van der Waals surface area contributed by atoms with Crippen LogP contribution in [0.4, 0.5) is 0 Å². The summed E-state index contributed by atoms with van der Waals surface area (Å²) in [6, 6.07) is 2.01. The molecule has 92 valence electrons. The number of aliphatic hydroxyl groups is 1. The van der Waals surface area contributed by atoms with Crippen molar-refractivity contribution in [2.75, 3.05) is 6.54 Å². The summed E-state index contributed by atoms with van der Waals surface area (Å²) in [7, 11) is 1.94. The fraction of sp³-hybridized carbons (Fsp3) is 0.750. The Balaban J connectivity index is 2.32. The molecule has 16 heavy (non-hydrogen) atoms. The van der Waals surface area contributed by atoms with Gasteiger partial charge in [0.2, 0.25) is 0 Å². The van der Waals surface area contributed by atoms with E-state index in [0.29, 0.717) is 0 Å². The monoisotopic (exact) mass is 225 g/mol. The van der Waals surface area contributed by atoms with Crippen molar-refractivity contribution in [1.82, 2.24) is 15.1 Å². The van der Waals surface area contributed by atoms with E-state index < -0.39 is 0 Å². The summed E-state index contributed by atoms with van der Waals surface area (Å²) >= 11 is 0. The average Bonchev–Trinajstić information content (AvgIpc) is 2.49. The van der Waals surface area contributed by atoms with Crippen molar-refractivity contribution in [3.8, 4) is 0 Å². The first kappa shape index (κ1) is 13.2. The van der Waals surface area contributed by atoms with Crippen molar-refractivity contribution in [3.05, 3.63) is 18.0 Å². The second-order valence-electron chi connectivity index (χ2n) is 5.27. The van der Waals surface area contributed by atoms with Gasteiger partial charge in [0.1, 0.15) is 0 Å². The molecule has 0 radical (unpaired) electrons. The largest absolute Gasteiger partial charge is 0.393 e. The third-order valence-electron chi connectivity index (χ3n) is 2.68. The Bertz CT molecular complexity index is 318. The Labute approximate surface area is 97.7 Å². The molecule has 0 aromatic carbocycles. The zero-order chi connectivity index (χ0) is 12.2. The third kappa shape index (κ3) is 4.33. The van der Waals surface area contributed by atoms with Crippen LogP contribution in [0, 0.1) is 5.41 Å². The van der Waals surface area contributed by atoms with Gasteiger partial charge >= 0.3 is 0 Å². The molecule has 0 fully saturated rings. The highest BCUT2D eigenvalue weighted by Gasteiger charge is 2.19. The smallest absolute Gasteiger partial charge is 0.0518 e. The van der Waals surface area contributed by atoms with Crippen LogP contribution in [-0.4, -0.2) is 27.5 Å². The molecule has 0 aliphatic heterocycles. The first-order chi connectivity index (χ1) is 7.41. The molecule has 0 saturated heterocycles. The molecule has 1 unspecified atom stereocenters. The van der Waals surface area contributed by atoms with Gasteiger partial charge < -0.3 is 10.4 Å². The summed E-state index contributed by atoms with van der Waals surface area (Å²) < 4.78 is 1.87. The minimum Gasteiger partial charge on any atom is -0.393 e. The molecule has 1 rings (SSSR count). The van der Waals surface area contributed by atoms with Crippen LogP contribution in [0.25, 0.3) is 0 Å². The number of aryl methyl sites for hydroxylation is 1. The quantitative estimate of drug-likeness (QED) is 0.767. The van der Waals surface area contributed by atoms with Gasteiger partial charge in [0, 0.05) is 26.3 Å². The molecule has 0 aliphatic rings. The number of aromatic nitrogens is 2. The number of nitrogens with one attached hydrogen (secondary N) is 1. The summed E-state index contributed by atoms with van der Waals surface area (Å²) in [4.78, 5) is 0. The topological polar surface area (TPSA) is 50.1 Å². The van der Waals surface area contributed by atoms with Crippen molar-refractivity contribution in [2.24, 2.45) is 12.5 Å². The fourth-order valence-corrected chi connectivity index (χ4v) is 1.98. The van der Waals surface area contributed by atoms with E-state index in [2.05, 4.69) is 24.3 Å². The first-order valence-electron chi connectivity index (χ1n) is 5.76. The van der Waals surface area contributed by atoms with E-state index in [-0.39, 0.29) is 11.5 Å². The molecule has 1 atom stereocenters. The summed E-state index contributed by atoms with van der Waals surface area (Å²) in [5.74, 6) is 0. The summed E-state index contributed by atoms with van der Waals surface area (Å²) in [6.07, 6.45) is 2.37. The minimum absolute atomic E-state index is 0.118. The number of rotatable bonds is 6. The maximum absolute atomic E-state index is 9.37. The number of nitrogens with zero attached hydrogens (tertiary/aromatic N) is 2. The Morgan fingerprint density at radius 2 is 2.25 bits per heavy atom. The van der Waals surface area contributed by atoms with Gasteiger partial charge in [-0.25, -0.2) is 0 Å². The number of hydrogen-bond donors (Lipinski definition) is 2. The standard InChI is InChI=1S/C12H23N3O/c1-10(16)7-12(2,3)9-13-8-11-5-6-14-15(11)4/h5-6,10,13,16H,7-9H2,1-4H3. The summed E-state index contributed by atoms with van der Waals surface area (Å²) in [6.45, 7) is 7.87. The molecule has 0 aliphatic carbocycles. The van der Waals surface area contributed by atoms with Crippen molar-refractivity contribution < 1.29 is 5.11 Å². The predicted molar refractivity (Wildman–Crippen MR) is 65.0 cm³/mol. The van der Waals surface area contributed by atoms with Crippen molar-refractivity contribution in [1.29, 1.82) is 0 Å². The lowest BCUT2D eigenvalue weighted by Gasteiger charge is -2.26. The molecular formula is C12H23N3O. The van der Waals surface area contributed by atoms with Crippen molar-refractivity contribution >= 4 is 0 Å². The van der Waals surface area contributed by atoms with Gasteiger partial charge in [0.15, 0.2) is 0 Å². The SMILES string of the molecule is CC(O)CC(C)(C)CNCc1ccnn1C. The molecule has 4 heteroatoms. The maximum atomic E-state index is 9.37. The van der Waals surface area contributed by atoms with Crippen LogP contribution < -0.4 is 5.32 Å². The van der Waals surface area contributed by atoms with Crippen LogP contribution >= 0.6 is 0 Å². The van der Waals surface area contributed by atoms with Crippen LogP contribution in [-0.2, 0) is 13.6 Å². The molecule has 0 spiro atoms. The first-order valence-corrected chi connectivity index (χ1v) is 5.76. The van der Waals surface area contributed by atoms with Crippen LogP contribution in [0.5, 0.6) is 0 Å². The molecule has 0 bridgehead atoms. The number of hydrogen-bond acceptors (Lipinski definition) is 3. The Morgan fingerprint density at radius 1 is 1.56 bits per heavy atom. The number of aliphatic hydroxyl groups excluding tert-OH is 1. The van der Waals surface area contributed by atoms with E-state index in [1.807, 2.05) is 24.7 Å². The van der Waals surface area contributed by atoms with E-state index >= 15 is 0 Å². The lowest BCUT2D eigenvalue weighted by atomic mass is 9.87. The van der Waals surface area contributed by atoms with Crippen LogP contribution in [0.1, 0.15) is 32.9 Å². The minimum atomic E-state index is -0.242. The van der Waals surface area contributed by atoms with Gasteiger partial charge in [-0.3, -0.25) is 4.68 Å². The van der Waals surface area contributed by atoms with E-state index in [9.17, 15) is 5.11 Å². The third-order valence-corrected chi connectivity index (χ3v) is 2.68. The highest BCUT2D eigenvalue weighted by Crippen LogP contribution is 2.21. The van der Waals surface area contributed by atoms with Crippen LogP contribution in [0.15, 0.2) is 12.3 Å². The zero-order valence-corrected chi connectivity index (χ0v) is 10.7. The molecule has 1 aromatic rings. The summed E-state index contributed by atoms with van der Waals surface area (Å²) in [5, 5.41) is 16.9. The molecule has 1 heterocycles. The Hall–Kier alpha value is -0.870. The molecule has 0 saturated carbocycles. The lowest BCUT2D eigenvalue weighted by Crippen LogP contribution is -2.32. The van der Waals surface area contributed by atoms with Crippen LogP contribution in [0.3, 0.4) is 0 Å². The fourth-order valence-electron chi connectivity index (χ4n) is 1.98. The highest BCUT2D eigenvalue weighted by molar-refractivity contribution is 4.99. The molecule has 1 aromatic heterocycles. The second kappa shape index (κ2) is 5.46. The molecular weight excluding hydrogens is 202 g/mol. The lowest BCUT2D eigenvalue weighted by molar-refractivity contribution is 0.128. The van der Waals surface area contributed by atoms with Gasteiger partial charge in [0.25, 0.3) is 0 Å². The van der Waals surface area contributed by atoms with E-state index in [1.54, 1.807) is 6.20 Å². The van der Waals surface area contributed by atoms with Crippen molar-refractivity contribution in [2.45, 2.75) is 39.8 Å². The van der Waals surface area contributed by atoms with Gasteiger partial charge in [0.05, 0.1) is 11.8 Å². The molecule has 4 nitrogen and oxygen atoms in total. The Kier molecular flexibility index (Phi) is 4.50. The normalized spacial score (nSPS) is 14.1. The van der Waals surface area contributed by atoms with E-state index in [0.717, 1.165) is 19.5 Å². The predicted octanol–water partition coefficient (Wildman–Crippen LogP) is 1.31. The molecule has 0 amide bonds.